The number of nitrogens with zero attached hydrogens (tertiary/aromatic N) is 3. The molecule has 3 heterocycles. The Balaban J connectivity index is 1.44. The highest BCUT2D eigenvalue weighted by atomic mass is 79.9. The number of carbonyl (C=O) groups excluding carboxylic acids is 1. The smallest absolute Gasteiger partial charge is 0.255 e. The van der Waals surface area contributed by atoms with E-state index in [0.29, 0.717) is 41.9 Å². The summed E-state index contributed by atoms with van der Waals surface area (Å²) in [5.41, 5.74) is 0.569. The molecule has 8 heteroatoms. The van der Waals surface area contributed by atoms with Gasteiger partial charge in [0.2, 0.25) is 11.7 Å². The molecule has 128 valence electrons. The minimum absolute atomic E-state index is 0.0320. The molecule has 1 aliphatic rings. The van der Waals surface area contributed by atoms with Crippen LogP contribution in [0.1, 0.15) is 22.2 Å². The summed E-state index contributed by atoms with van der Waals surface area (Å²) < 4.78 is 16.5. The van der Waals surface area contributed by atoms with Crippen molar-refractivity contribution in [3.8, 4) is 17.3 Å². The minimum Gasteiger partial charge on any atom is -0.497 e. The van der Waals surface area contributed by atoms with Crippen LogP contribution in [-0.4, -0.2) is 41.1 Å². The van der Waals surface area contributed by atoms with Gasteiger partial charge in [-0.1, -0.05) is 5.16 Å². The first-order valence-corrected chi connectivity index (χ1v) is 8.45. The third-order valence-corrected chi connectivity index (χ3v) is 4.80. The van der Waals surface area contributed by atoms with Crippen molar-refractivity contribution < 1.29 is 18.5 Å². The van der Waals surface area contributed by atoms with Crippen molar-refractivity contribution in [3.63, 3.8) is 0 Å². The van der Waals surface area contributed by atoms with E-state index in [4.69, 9.17) is 13.7 Å². The highest BCUT2D eigenvalue weighted by Gasteiger charge is 2.36. The van der Waals surface area contributed by atoms with Crippen LogP contribution in [0.3, 0.4) is 0 Å². The molecular formula is C17H14BrN3O4. The van der Waals surface area contributed by atoms with Crippen LogP contribution in [0, 0.1) is 0 Å². The topological polar surface area (TPSA) is 81.6 Å². The van der Waals surface area contributed by atoms with Gasteiger partial charge < -0.3 is 18.6 Å². The Hall–Kier alpha value is -2.61. The summed E-state index contributed by atoms with van der Waals surface area (Å²) in [4.78, 5) is 18.7. The molecule has 0 saturated carbocycles. The van der Waals surface area contributed by atoms with Crippen LogP contribution in [0.4, 0.5) is 0 Å². The molecule has 0 atom stereocenters. The molecule has 0 spiro atoms. The first-order valence-electron chi connectivity index (χ1n) is 7.66. The molecule has 0 unspecified atom stereocenters. The quantitative estimate of drug-likeness (QED) is 0.664. The van der Waals surface area contributed by atoms with Crippen LogP contribution in [0.5, 0.6) is 5.75 Å². The largest absolute Gasteiger partial charge is 0.497 e. The average Bonchev–Trinajstić information content (AvgIpc) is 3.25. The molecule has 0 aliphatic carbocycles. The van der Waals surface area contributed by atoms with E-state index in [9.17, 15) is 4.79 Å². The third kappa shape index (κ3) is 2.93. The number of carbonyl (C=O) groups is 1. The minimum atomic E-state index is -0.0622. The van der Waals surface area contributed by atoms with Gasteiger partial charge in [0.05, 0.1) is 24.9 Å². The number of aromatic nitrogens is 2. The van der Waals surface area contributed by atoms with Gasteiger partial charge in [0, 0.05) is 17.6 Å². The van der Waals surface area contributed by atoms with E-state index in [1.807, 2.05) is 0 Å². The van der Waals surface area contributed by atoms with Gasteiger partial charge >= 0.3 is 0 Å². The molecule has 1 fully saturated rings. The number of amides is 1. The summed E-state index contributed by atoms with van der Waals surface area (Å²) in [6.45, 7) is 1.06. The van der Waals surface area contributed by atoms with Crippen molar-refractivity contribution in [1.82, 2.24) is 15.0 Å². The Kier molecular flexibility index (Phi) is 4.04. The van der Waals surface area contributed by atoms with Crippen LogP contribution in [0.2, 0.25) is 0 Å². The molecular weight excluding hydrogens is 390 g/mol. The molecule has 0 bridgehead atoms. The zero-order valence-electron chi connectivity index (χ0n) is 13.3. The zero-order valence-corrected chi connectivity index (χ0v) is 14.9. The van der Waals surface area contributed by atoms with E-state index < -0.39 is 0 Å². The van der Waals surface area contributed by atoms with Gasteiger partial charge in [-0.05, 0) is 46.3 Å². The monoisotopic (exact) mass is 403 g/mol. The van der Waals surface area contributed by atoms with Crippen molar-refractivity contribution in [2.75, 3.05) is 20.2 Å². The van der Waals surface area contributed by atoms with Crippen molar-refractivity contribution in [1.29, 1.82) is 0 Å². The van der Waals surface area contributed by atoms with Crippen LogP contribution in [0.25, 0.3) is 11.6 Å². The van der Waals surface area contributed by atoms with Crippen LogP contribution in [-0.2, 0) is 0 Å². The maximum absolute atomic E-state index is 12.6. The van der Waals surface area contributed by atoms with Gasteiger partial charge in [0.1, 0.15) is 5.75 Å². The molecule has 1 saturated heterocycles. The maximum atomic E-state index is 12.6. The highest BCUT2D eigenvalue weighted by molar-refractivity contribution is 9.10. The van der Waals surface area contributed by atoms with Crippen molar-refractivity contribution in [2.24, 2.45) is 0 Å². The standard InChI is InChI=1S/C17H14BrN3O4/c1-23-11-4-5-13(18)12(7-11)17(22)21-8-10(9-21)16-19-15(20-25-16)14-3-2-6-24-14/h2-7,10H,8-9H2,1H3. The second-order valence-corrected chi connectivity index (χ2v) is 6.54. The Morgan fingerprint density at radius 2 is 2.20 bits per heavy atom. The summed E-state index contributed by atoms with van der Waals surface area (Å²) in [5, 5.41) is 3.92. The molecule has 1 amide bonds. The Morgan fingerprint density at radius 3 is 2.92 bits per heavy atom. The van der Waals surface area contributed by atoms with Crippen molar-refractivity contribution in [3.05, 3.63) is 52.5 Å². The summed E-state index contributed by atoms with van der Waals surface area (Å²) in [7, 11) is 1.57. The maximum Gasteiger partial charge on any atom is 0.255 e. The highest BCUT2D eigenvalue weighted by Crippen LogP contribution is 2.31. The normalized spacial score (nSPS) is 14.4. The Bertz CT molecular complexity index is 901. The molecule has 1 aromatic carbocycles. The van der Waals surface area contributed by atoms with Gasteiger partial charge in [-0.3, -0.25) is 4.79 Å². The fourth-order valence-corrected chi connectivity index (χ4v) is 3.09. The van der Waals surface area contributed by atoms with Crippen molar-refractivity contribution >= 4 is 21.8 Å². The number of likely N-dealkylation sites (tertiary alicyclic amines) is 1. The number of hydrogen-bond acceptors (Lipinski definition) is 6. The van der Waals surface area contributed by atoms with E-state index in [-0.39, 0.29) is 11.8 Å². The lowest BCUT2D eigenvalue weighted by Crippen LogP contribution is -2.48. The molecule has 1 aliphatic heterocycles. The first kappa shape index (κ1) is 15.9. The van der Waals surface area contributed by atoms with E-state index in [2.05, 4.69) is 26.1 Å². The molecule has 0 N–H and O–H groups in total. The second-order valence-electron chi connectivity index (χ2n) is 5.69. The zero-order chi connectivity index (χ0) is 17.4. The van der Waals surface area contributed by atoms with Gasteiger partial charge in [0.25, 0.3) is 5.91 Å². The summed E-state index contributed by atoms with van der Waals surface area (Å²) >= 11 is 3.41. The number of hydrogen-bond donors (Lipinski definition) is 0. The molecule has 4 rings (SSSR count). The predicted octanol–water partition coefficient (Wildman–Crippen LogP) is 3.34. The van der Waals surface area contributed by atoms with Gasteiger partial charge in [-0.2, -0.15) is 4.98 Å². The predicted molar refractivity (Wildman–Crippen MR) is 91.3 cm³/mol. The molecule has 3 aromatic rings. The molecule has 2 aromatic heterocycles. The lowest BCUT2D eigenvalue weighted by Gasteiger charge is -2.37. The van der Waals surface area contributed by atoms with Gasteiger partial charge in [-0.15, -0.1) is 0 Å². The lowest BCUT2D eigenvalue weighted by atomic mass is 9.98. The van der Waals surface area contributed by atoms with Crippen LogP contribution >= 0.6 is 15.9 Å². The Labute approximate surface area is 151 Å². The molecule has 0 radical (unpaired) electrons. The molecule has 7 nitrogen and oxygen atoms in total. The SMILES string of the molecule is COc1ccc(Br)c(C(=O)N2CC(c3nc(-c4ccco4)no3)C2)c1. The fourth-order valence-electron chi connectivity index (χ4n) is 2.67. The van der Waals surface area contributed by atoms with Gasteiger partial charge in [0.15, 0.2) is 5.76 Å². The number of rotatable bonds is 4. The number of ether oxygens (including phenoxy) is 1. The first-order chi connectivity index (χ1) is 12.2. The van der Waals surface area contributed by atoms with E-state index >= 15 is 0 Å². The van der Waals surface area contributed by atoms with E-state index in [0.717, 1.165) is 4.47 Å². The number of halogens is 1. The number of furan rings is 1. The summed E-state index contributed by atoms with van der Waals surface area (Å²) in [6, 6.07) is 8.86. The third-order valence-electron chi connectivity index (χ3n) is 4.11. The van der Waals surface area contributed by atoms with Crippen LogP contribution < -0.4 is 4.74 Å². The lowest BCUT2D eigenvalue weighted by molar-refractivity contribution is 0.0568. The summed E-state index contributed by atoms with van der Waals surface area (Å²) in [5.74, 6) is 2.10. The summed E-state index contributed by atoms with van der Waals surface area (Å²) in [6.07, 6.45) is 1.56. The van der Waals surface area contributed by atoms with Crippen molar-refractivity contribution in [2.45, 2.75) is 5.92 Å². The van der Waals surface area contributed by atoms with E-state index in [1.54, 1.807) is 48.6 Å². The number of benzene rings is 1. The van der Waals surface area contributed by atoms with Crippen LogP contribution in [0.15, 0.2) is 50.0 Å². The van der Waals surface area contributed by atoms with Gasteiger partial charge in [-0.25, -0.2) is 0 Å². The average molecular weight is 404 g/mol. The fraction of sp³-hybridized carbons (Fsp3) is 0.235. The van der Waals surface area contributed by atoms with E-state index in [1.165, 1.54) is 0 Å². The molecule has 25 heavy (non-hydrogen) atoms. The Morgan fingerprint density at radius 1 is 1.36 bits per heavy atom. The number of methoxy groups -OCH3 is 1. The second kappa shape index (κ2) is 6.36.